The Hall–Kier alpha value is -1.78. The third-order valence-electron chi connectivity index (χ3n) is 2.88. The van der Waals surface area contributed by atoms with Gasteiger partial charge in [0, 0.05) is 5.69 Å². The first-order chi connectivity index (χ1) is 10.9. The number of sulfonamides is 1. The average molecular weight is 400 g/mol. The fourth-order valence-electron chi connectivity index (χ4n) is 1.81. The SMILES string of the molecule is Cc1cc(S(=O)(=O)Nc2ccc(Cl)c(C(F)(F)F)c2)sc1C(=O)O. The predicted octanol–water partition coefficient (Wildman–Crippen LogP) is 4.23. The van der Waals surface area contributed by atoms with Crippen molar-refractivity contribution < 1.29 is 31.5 Å². The molecule has 0 bridgehead atoms. The highest BCUT2D eigenvalue weighted by Gasteiger charge is 2.33. The van der Waals surface area contributed by atoms with Crippen LogP contribution in [0.25, 0.3) is 0 Å². The number of halogens is 4. The summed E-state index contributed by atoms with van der Waals surface area (Å²) in [5.41, 5.74) is -1.28. The Labute approximate surface area is 143 Å². The lowest BCUT2D eigenvalue weighted by Crippen LogP contribution is -2.13. The Morgan fingerprint density at radius 2 is 1.92 bits per heavy atom. The number of anilines is 1. The van der Waals surface area contributed by atoms with Crippen molar-refractivity contribution in [2.75, 3.05) is 4.72 Å². The molecule has 24 heavy (non-hydrogen) atoms. The van der Waals surface area contributed by atoms with Crippen LogP contribution >= 0.6 is 22.9 Å². The lowest BCUT2D eigenvalue weighted by atomic mass is 10.2. The summed E-state index contributed by atoms with van der Waals surface area (Å²) in [6.07, 6.45) is -4.74. The lowest BCUT2D eigenvalue weighted by Gasteiger charge is -2.12. The average Bonchev–Trinajstić information content (AvgIpc) is 2.82. The van der Waals surface area contributed by atoms with Crippen molar-refractivity contribution in [2.45, 2.75) is 17.3 Å². The molecule has 2 N–H and O–H groups in total. The number of aryl methyl sites for hydroxylation is 1. The molecule has 1 aromatic heterocycles. The minimum Gasteiger partial charge on any atom is -0.477 e. The number of alkyl halides is 3. The number of hydrogen-bond acceptors (Lipinski definition) is 4. The molecule has 0 aliphatic carbocycles. The summed E-state index contributed by atoms with van der Waals surface area (Å²) in [5.74, 6) is -1.29. The number of thiophene rings is 1. The zero-order valence-electron chi connectivity index (χ0n) is 11.8. The second-order valence-corrected chi connectivity index (χ2v) is 8.05. The first-order valence-electron chi connectivity index (χ1n) is 6.15. The van der Waals surface area contributed by atoms with Crippen LogP contribution in [-0.2, 0) is 16.2 Å². The van der Waals surface area contributed by atoms with Crippen LogP contribution < -0.4 is 4.72 Å². The summed E-state index contributed by atoms with van der Waals surface area (Å²) in [6, 6.07) is 3.70. The summed E-state index contributed by atoms with van der Waals surface area (Å²) in [4.78, 5) is 10.8. The van der Waals surface area contributed by atoms with E-state index in [4.69, 9.17) is 16.7 Å². The van der Waals surface area contributed by atoms with E-state index < -0.39 is 32.8 Å². The van der Waals surface area contributed by atoms with Crippen LogP contribution in [0.2, 0.25) is 5.02 Å². The fourth-order valence-corrected chi connectivity index (χ4v) is 4.46. The number of carboxylic acids is 1. The van der Waals surface area contributed by atoms with Gasteiger partial charge in [0.05, 0.1) is 10.6 Å². The molecule has 2 aromatic rings. The van der Waals surface area contributed by atoms with Crippen molar-refractivity contribution in [2.24, 2.45) is 0 Å². The van der Waals surface area contributed by atoms with E-state index in [-0.39, 0.29) is 20.3 Å². The van der Waals surface area contributed by atoms with Gasteiger partial charge in [-0.2, -0.15) is 13.2 Å². The summed E-state index contributed by atoms with van der Waals surface area (Å²) in [7, 11) is -4.23. The number of nitrogens with one attached hydrogen (secondary N) is 1. The number of rotatable bonds is 4. The first-order valence-corrected chi connectivity index (χ1v) is 8.83. The van der Waals surface area contributed by atoms with Gasteiger partial charge in [-0.15, -0.1) is 11.3 Å². The minimum absolute atomic E-state index is 0.164. The van der Waals surface area contributed by atoms with E-state index in [1.165, 1.54) is 6.92 Å². The minimum atomic E-state index is -4.74. The van der Waals surface area contributed by atoms with Crippen LogP contribution in [0.1, 0.15) is 20.8 Å². The maximum Gasteiger partial charge on any atom is 0.417 e. The Bertz CT molecular complexity index is 906. The maximum atomic E-state index is 12.8. The van der Waals surface area contributed by atoms with Crippen molar-refractivity contribution in [3.63, 3.8) is 0 Å². The van der Waals surface area contributed by atoms with Gasteiger partial charge >= 0.3 is 12.1 Å². The van der Waals surface area contributed by atoms with Gasteiger partial charge in [0.1, 0.15) is 9.09 Å². The summed E-state index contributed by atoms with van der Waals surface area (Å²) in [5, 5.41) is 8.38. The van der Waals surface area contributed by atoms with Crippen LogP contribution in [0.5, 0.6) is 0 Å². The number of aromatic carboxylic acids is 1. The molecule has 0 fully saturated rings. The highest BCUT2D eigenvalue weighted by molar-refractivity contribution is 7.94. The molecule has 130 valence electrons. The molecule has 0 aliphatic rings. The molecule has 0 unspecified atom stereocenters. The molecular weight excluding hydrogens is 391 g/mol. The summed E-state index contributed by atoms with van der Waals surface area (Å²) < 4.78 is 64.5. The van der Waals surface area contributed by atoms with E-state index >= 15 is 0 Å². The Morgan fingerprint density at radius 3 is 2.42 bits per heavy atom. The van der Waals surface area contributed by atoms with Crippen molar-refractivity contribution in [1.82, 2.24) is 0 Å². The molecule has 1 aromatic carbocycles. The highest BCUT2D eigenvalue weighted by Crippen LogP contribution is 2.37. The molecule has 0 amide bonds. The molecule has 0 radical (unpaired) electrons. The topological polar surface area (TPSA) is 83.5 Å². The molecule has 0 saturated carbocycles. The molecule has 0 aliphatic heterocycles. The monoisotopic (exact) mass is 399 g/mol. The number of carbonyl (C=O) groups is 1. The van der Waals surface area contributed by atoms with E-state index in [0.717, 1.165) is 18.2 Å². The largest absolute Gasteiger partial charge is 0.477 e. The Balaban J connectivity index is 2.40. The third-order valence-corrected chi connectivity index (χ3v) is 6.29. The molecule has 5 nitrogen and oxygen atoms in total. The number of carboxylic acid groups (broad SMARTS) is 1. The van der Waals surface area contributed by atoms with E-state index in [1.54, 1.807) is 0 Å². The number of hydrogen-bond donors (Lipinski definition) is 2. The maximum absolute atomic E-state index is 12.8. The van der Waals surface area contributed by atoms with Gasteiger partial charge in [-0.25, -0.2) is 13.2 Å². The summed E-state index contributed by atoms with van der Waals surface area (Å²) >= 11 is 5.98. The second kappa shape index (κ2) is 6.26. The lowest BCUT2D eigenvalue weighted by molar-refractivity contribution is -0.137. The van der Waals surface area contributed by atoms with Crippen LogP contribution in [0.3, 0.4) is 0 Å². The fraction of sp³-hybridized carbons (Fsp3) is 0.154. The van der Waals surface area contributed by atoms with Crippen molar-refractivity contribution in [3.8, 4) is 0 Å². The van der Waals surface area contributed by atoms with Gasteiger partial charge in [-0.05, 0) is 36.8 Å². The molecule has 2 rings (SSSR count). The van der Waals surface area contributed by atoms with Crippen LogP contribution in [0, 0.1) is 6.92 Å². The van der Waals surface area contributed by atoms with Gasteiger partial charge in [0.25, 0.3) is 10.0 Å². The molecule has 0 atom stereocenters. The third kappa shape index (κ3) is 3.82. The molecule has 11 heteroatoms. The van der Waals surface area contributed by atoms with Gasteiger partial charge in [0.2, 0.25) is 0 Å². The van der Waals surface area contributed by atoms with Crippen LogP contribution in [0.4, 0.5) is 18.9 Å². The molecule has 0 saturated heterocycles. The zero-order valence-corrected chi connectivity index (χ0v) is 14.2. The quantitative estimate of drug-likeness (QED) is 0.806. The zero-order chi connectivity index (χ0) is 18.3. The van der Waals surface area contributed by atoms with Crippen LogP contribution in [0.15, 0.2) is 28.5 Å². The van der Waals surface area contributed by atoms with Gasteiger partial charge in [-0.3, -0.25) is 4.72 Å². The second-order valence-electron chi connectivity index (χ2n) is 4.68. The van der Waals surface area contributed by atoms with E-state index in [2.05, 4.69) is 0 Å². The van der Waals surface area contributed by atoms with Crippen molar-refractivity contribution in [3.05, 3.63) is 45.3 Å². The van der Waals surface area contributed by atoms with Crippen LogP contribution in [-0.4, -0.2) is 19.5 Å². The van der Waals surface area contributed by atoms with Crippen molar-refractivity contribution >= 4 is 44.6 Å². The molecular formula is C13H9ClF3NO4S2. The van der Waals surface area contributed by atoms with Gasteiger partial charge < -0.3 is 5.11 Å². The van der Waals surface area contributed by atoms with Gasteiger partial charge in [-0.1, -0.05) is 11.6 Å². The highest BCUT2D eigenvalue weighted by atomic mass is 35.5. The predicted molar refractivity (Wildman–Crippen MR) is 83.3 cm³/mol. The summed E-state index contributed by atoms with van der Waals surface area (Å²) in [6.45, 7) is 1.42. The Morgan fingerprint density at radius 1 is 1.29 bits per heavy atom. The number of benzene rings is 1. The van der Waals surface area contributed by atoms with Gasteiger partial charge in [0.15, 0.2) is 0 Å². The normalized spacial score (nSPS) is 12.2. The first kappa shape index (κ1) is 18.6. The van der Waals surface area contributed by atoms with E-state index in [9.17, 15) is 26.4 Å². The smallest absolute Gasteiger partial charge is 0.417 e. The van der Waals surface area contributed by atoms with Crippen molar-refractivity contribution in [1.29, 1.82) is 0 Å². The standard InChI is InChI=1S/C13H9ClF3NO4S2/c1-6-4-10(23-11(6)12(19)20)24(21,22)18-7-2-3-9(14)8(5-7)13(15,16)17/h2-5,18H,1H3,(H,19,20). The molecule has 0 spiro atoms. The van der Waals surface area contributed by atoms with E-state index in [0.29, 0.717) is 17.4 Å². The Kier molecular flexibility index (Phi) is 4.84. The molecule has 1 heterocycles. The van der Waals surface area contributed by atoms with E-state index in [1.807, 2.05) is 4.72 Å².